The van der Waals surface area contributed by atoms with Crippen LogP contribution in [0.3, 0.4) is 0 Å². The summed E-state index contributed by atoms with van der Waals surface area (Å²) >= 11 is 0. The van der Waals surface area contributed by atoms with Crippen molar-refractivity contribution in [1.82, 2.24) is 0 Å². The molecule has 0 aromatic heterocycles. The van der Waals surface area contributed by atoms with Crippen LogP contribution >= 0.6 is 0 Å². The van der Waals surface area contributed by atoms with Gasteiger partial charge in [0, 0.05) is 5.56 Å². The van der Waals surface area contributed by atoms with Crippen LogP contribution in [0.4, 0.5) is 13.2 Å². The first-order valence-corrected chi connectivity index (χ1v) is 6.04. The Morgan fingerprint density at radius 1 is 1.32 bits per heavy atom. The van der Waals surface area contributed by atoms with Gasteiger partial charge in [0.05, 0.1) is 6.10 Å². The van der Waals surface area contributed by atoms with E-state index in [1.807, 2.05) is 6.07 Å². The summed E-state index contributed by atoms with van der Waals surface area (Å²) in [6.07, 6.45) is -2.60. The van der Waals surface area contributed by atoms with E-state index in [1.165, 1.54) is 0 Å². The molecule has 6 heteroatoms. The number of benzene rings is 1. The van der Waals surface area contributed by atoms with Gasteiger partial charge in [-0.2, -0.15) is 13.2 Å². The zero-order valence-corrected chi connectivity index (χ0v) is 10.2. The molecule has 1 aliphatic carbocycles. The Hall–Kier alpha value is -1.27. The molecule has 0 saturated carbocycles. The van der Waals surface area contributed by atoms with Gasteiger partial charge in [0.25, 0.3) is 0 Å². The van der Waals surface area contributed by atoms with Crippen molar-refractivity contribution in [3.8, 4) is 5.75 Å². The van der Waals surface area contributed by atoms with Crippen LogP contribution in [0.1, 0.15) is 30.1 Å². The van der Waals surface area contributed by atoms with Gasteiger partial charge in [-0.1, -0.05) is 12.1 Å². The van der Waals surface area contributed by atoms with Gasteiger partial charge in [-0.3, -0.25) is 0 Å². The van der Waals surface area contributed by atoms with Crippen molar-refractivity contribution in [2.45, 2.75) is 31.5 Å². The molecule has 1 atom stereocenters. The van der Waals surface area contributed by atoms with Crippen molar-refractivity contribution < 1.29 is 27.8 Å². The lowest BCUT2D eigenvalue weighted by Crippen LogP contribution is -2.19. The molecule has 0 amide bonds. The van der Waals surface area contributed by atoms with Gasteiger partial charge in [-0.15, -0.1) is 0 Å². The van der Waals surface area contributed by atoms with Crippen LogP contribution in [0.5, 0.6) is 5.75 Å². The quantitative estimate of drug-likeness (QED) is 0.678. The van der Waals surface area contributed by atoms with Crippen molar-refractivity contribution in [3.63, 3.8) is 0 Å². The summed E-state index contributed by atoms with van der Waals surface area (Å²) in [6, 6.07) is 5.20. The van der Waals surface area contributed by atoms with Gasteiger partial charge in [0.15, 0.2) is 6.79 Å². The summed E-state index contributed by atoms with van der Waals surface area (Å²) in [7, 11) is 0. The molecule has 3 nitrogen and oxygen atoms in total. The second-order valence-corrected chi connectivity index (χ2v) is 4.46. The van der Waals surface area contributed by atoms with E-state index in [1.54, 1.807) is 12.1 Å². The molecular formula is C13H15F3O3. The van der Waals surface area contributed by atoms with E-state index in [9.17, 15) is 18.3 Å². The van der Waals surface area contributed by atoms with Gasteiger partial charge in [-0.05, 0) is 30.9 Å². The Balaban J connectivity index is 1.96. The fraction of sp³-hybridized carbons (Fsp3) is 0.538. The van der Waals surface area contributed by atoms with Gasteiger partial charge in [0.2, 0.25) is 0 Å². The molecule has 0 aliphatic heterocycles. The number of hydrogen-bond acceptors (Lipinski definition) is 3. The molecule has 0 heterocycles. The Morgan fingerprint density at radius 2 is 2.11 bits per heavy atom. The molecule has 0 radical (unpaired) electrons. The molecule has 2 rings (SSSR count). The summed E-state index contributed by atoms with van der Waals surface area (Å²) in [5.41, 5.74) is 1.65. The highest BCUT2D eigenvalue weighted by Gasteiger charge is 2.27. The van der Waals surface area contributed by atoms with Gasteiger partial charge >= 0.3 is 6.18 Å². The van der Waals surface area contributed by atoms with E-state index < -0.39 is 25.7 Å². The molecule has 0 spiro atoms. The highest BCUT2D eigenvalue weighted by Crippen LogP contribution is 2.35. The van der Waals surface area contributed by atoms with E-state index in [0.717, 1.165) is 24.0 Å². The second-order valence-electron chi connectivity index (χ2n) is 4.46. The molecule has 0 fully saturated rings. The van der Waals surface area contributed by atoms with Crippen LogP contribution in [0, 0.1) is 0 Å². The van der Waals surface area contributed by atoms with E-state index >= 15 is 0 Å². The number of aliphatic hydroxyl groups excluding tert-OH is 1. The predicted molar refractivity (Wildman–Crippen MR) is 61.8 cm³/mol. The Kier molecular flexibility index (Phi) is 4.31. The molecule has 106 valence electrons. The average molecular weight is 276 g/mol. The van der Waals surface area contributed by atoms with Crippen LogP contribution in [0.15, 0.2) is 18.2 Å². The topological polar surface area (TPSA) is 38.7 Å². The number of fused-ring (bicyclic) bond motifs is 1. The lowest BCUT2D eigenvalue weighted by Gasteiger charge is -2.23. The molecule has 1 unspecified atom stereocenters. The predicted octanol–water partition coefficient (Wildman–Crippen LogP) is 2.97. The van der Waals surface area contributed by atoms with Crippen LogP contribution in [0.2, 0.25) is 0 Å². The molecule has 0 bridgehead atoms. The third-order valence-electron chi connectivity index (χ3n) is 3.00. The molecular weight excluding hydrogens is 261 g/mol. The first kappa shape index (κ1) is 14.1. The van der Waals surface area contributed by atoms with Crippen LogP contribution in [-0.4, -0.2) is 24.7 Å². The number of alkyl halides is 3. The largest absolute Gasteiger partial charge is 0.467 e. The molecule has 1 aromatic rings. The molecule has 1 aromatic carbocycles. The Labute approximate surface area is 108 Å². The number of halogens is 3. The molecule has 0 saturated heterocycles. The van der Waals surface area contributed by atoms with Crippen LogP contribution in [-0.2, 0) is 11.2 Å². The van der Waals surface area contributed by atoms with Gasteiger partial charge < -0.3 is 14.6 Å². The highest BCUT2D eigenvalue weighted by molar-refractivity contribution is 5.42. The first-order valence-electron chi connectivity index (χ1n) is 6.04. The Bertz CT molecular complexity index is 432. The van der Waals surface area contributed by atoms with E-state index in [4.69, 9.17) is 4.74 Å². The maximum absolute atomic E-state index is 11.9. The average Bonchev–Trinajstić information content (AvgIpc) is 2.34. The zero-order chi connectivity index (χ0) is 13.9. The third kappa shape index (κ3) is 3.84. The monoisotopic (exact) mass is 276 g/mol. The number of ether oxygens (including phenoxy) is 2. The SMILES string of the molecule is OC1CCCc2c(OCOCC(F)(F)F)cccc21. The minimum Gasteiger partial charge on any atom is -0.467 e. The maximum Gasteiger partial charge on any atom is 0.411 e. The van der Waals surface area contributed by atoms with Crippen molar-refractivity contribution in [2.24, 2.45) is 0 Å². The minimum atomic E-state index is -4.35. The summed E-state index contributed by atoms with van der Waals surface area (Å²) in [6.45, 7) is -1.78. The lowest BCUT2D eigenvalue weighted by atomic mass is 9.89. The molecule has 1 aliphatic rings. The van der Waals surface area contributed by atoms with Crippen LogP contribution in [0.25, 0.3) is 0 Å². The number of rotatable bonds is 4. The fourth-order valence-electron chi connectivity index (χ4n) is 2.19. The first-order chi connectivity index (χ1) is 8.97. The minimum absolute atomic E-state index is 0.452. The lowest BCUT2D eigenvalue weighted by molar-refractivity contribution is -0.186. The summed E-state index contributed by atoms with van der Waals surface area (Å²) in [5.74, 6) is 0.485. The number of aliphatic hydroxyl groups is 1. The third-order valence-corrected chi connectivity index (χ3v) is 3.00. The summed E-state index contributed by atoms with van der Waals surface area (Å²) in [4.78, 5) is 0. The van der Waals surface area contributed by atoms with E-state index in [2.05, 4.69) is 4.74 Å². The van der Waals surface area contributed by atoms with Crippen molar-refractivity contribution >= 4 is 0 Å². The maximum atomic E-state index is 11.9. The smallest absolute Gasteiger partial charge is 0.411 e. The van der Waals surface area contributed by atoms with Crippen molar-refractivity contribution in [3.05, 3.63) is 29.3 Å². The summed E-state index contributed by atoms with van der Waals surface area (Å²) < 4.78 is 45.3. The van der Waals surface area contributed by atoms with Crippen molar-refractivity contribution in [2.75, 3.05) is 13.4 Å². The normalized spacial score (nSPS) is 19.1. The van der Waals surface area contributed by atoms with Gasteiger partial charge in [0.1, 0.15) is 12.4 Å². The Morgan fingerprint density at radius 3 is 2.84 bits per heavy atom. The molecule has 1 N–H and O–H groups in total. The van der Waals surface area contributed by atoms with Crippen molar-refractivity contribution in [1.29, 1.82) is 0 Å². The standard InChI is InChI=1S/C13H15F3O3/c14-13(15,16)7-18-8-19-12-6-2-3-9-10(12)4-1-5-11(9)17/h2-3,6,11,17H,1,4-5,7-8H2. The van der Waals surface area contributed by atoms with E-state index in [-0.39, 0.29) is 0 Å². The molecule has 19 heavy (non-hydrogen) atoms. The summed E-state index contributed by atoms with van der Waals surface area (Å²) in [5, 5.41) is 9.83. The zero-order valence-electron chi connectivity index (χ0n) is 10.2. The fourth-order valence-corrected chi connectivity index (χ4v) is 2.19. The van der Waals surface area contributed by atoms with Gasteiger partial charge in [-0.25, -0.2) is 0 Å². The van der Waals surface area contributed by atoms with Crippen LogP contribution < -0.4 is 4.74 Å². The second kappa shape index (κ2) is 5.79. The highest BCUT2D eigenvalue weighted by atomic mass is 19.4. The van der Waals surface area contributed by atoms with E-state index in [0.29, 0.717) is 12.2 Å². The number of hydrogen-bond donors (Lipinski definition) is 1.